The highest BCUT2D eigenvalue weighted by Gasteiger charge is 2.74. The molecule has 0 saturated carbocycles. The van der Waals surface area contributed by atoms with Gasteiger partial charge < -0.3 is 0 Å². The lowest BCUT2D eigenvalue weighted by Gasteiger charge is -2.64. The van der Waals surface area contributed by atoms with Crippen LogP contribution in [0.1, 0.15) is 47.6 Å². The van der Waals surface area contributed by atoms with Crippen molar-refractivity contribution in [1.82, 2.24) is 20.6 Å². The van der Waals surface area contributed by atoms with Crippen molar-refractivity contribution in [2.75, 3.05) is 20.6 Å². The Hall–Kier alpha value is -4.05. The molecule has 5 aromatic rings. The number of aromatic nitrogens is 2. The van der Waals surface area contributed by atoms with Crippen molar-refractivity contribution >= 4 is 29.1 Å². The summed E-state index contributed by atoms with van der Waals surface area (Å²) in [5, 5.41) is 8.80. The number of benzene rings is 3. The van der Waals surface area contributed by atoms with Crippen LogP contribution in [-0.2, 0) is 22.2 Å². The van der Waals surface area contributed by atoms with Gasteiger partial charge in [0.05, 0.1) is 20.5 Å². The second-order valence-electron chi connectivity index (χ2n) is 12.9. The Kier molecular flexibility index (Phi) is 9.72. The molecule has 1 atom stereocenters. The van der Waals surface area contributed by atoms with E-state index >= 15 is 4.79 Å². The standard InChI is InChI=1S/C39H38Cl2F2N5O/c1-4-5-21-46-37(26-33-34(40)7-6-8-35(33)41)47-39(29-17-22-44-23-18-29,30-19-24-45-25-20-30)38(36(49)48(37,2)3,27-9-13-31(42)14-10-27)28-11-15-32(43)16-12-28/h6-20,22-25,46-47H,4-5,21,26H2,1-3H3/q+1. The van der Waals surface area contributed by atoms with Crippen LogP contribution in [0.4, 0.5) is 8.78 Å². The van der Waals surface area contributed by atoms with Crippen LogP contribution in [-0.4, -0.2) is 46.8 Å². The predicted octanol–water partition coefficient (Wildman–Crippen LogP) is 7.78. The van der Waals surface area contributed by atoms with Gasteiger partial charge in [-0.2, -0.15) is 0 Å². The maximum absolute atomic E-state index is 16.3. The van der Waals surface area contributed by atoms with Gasteiger partial charge in [-0.25, -0.2) is 23.4 Å². The van der Waals surface area contributed by atoms with Crippen LogP contribution >= 0.6 is 23.2 Å². The van der Waals surface area contributed by atoms with Crippen LogP contribution in [0.25, 0.3) is 0 Å². The Balaban J connectivity index is 1.81. The van der Waals surface area contributed by atoms with Crippen LogP contribution in [0.15, 0.2) is 116 Å². The van der Waals surface area contributed by atoms with E-state index in [-0.39, 0.29) is 16.8 Å². The first-order valence-corrected chi connectivity index (χ1v) is 17.0. The van der Waals surface area contributed by atoms with Crippen molar-refractivity contribution in [3.63, 3.8) is 0 Å². The number of quaternary nitrogens is 1. The lowest BCUT2D eigenvalue weighted by Crippen LogP contribution is -2.89. The fourth-order valence-electron chi connectivity index (χ4n) is 7.47. The molecule has 3 heterocycles. The Bertz CT molecular complexity index is 1820. The zero-order chi connectivity index (χ0) is 34.9. The van der Waals surface area contributed by atoms with Crippen molar-refractivity contribution in [2.45, 2.75) is 42.9 Å². The second-order valence-corrected chi connectivity index (χ2v) is 13.7. The topological polar surface area (TPSA) is 66.9 Å². The average Bonchev–Trinajstić information content (AvgIpc) is 3.11. The number of halogens is 4. The molecule has 252 valence electrons. The summed E-state index contributed by atoms with van der Waals surface area (Å²) >= 11 is 13.7. The van der Waals surface area contributed by atoms with Gasteiger partial charge in [0.15, 0.2) is 5.41 Å². The number of likely N-dealkylation sites (N-methyl/N-ethyl adjacent to an activating group) is 1. The Morgan fingerprint density at radius 1 is 0.735 bits per heavy atom. The number of nitrogens with zero attached hydrogens (tertiary/aromatic N) is 3. The summed E-state index contributed by atoms with van der Waals surface area (Å²) in [6.07, 6.45) is 8.65. The van der Waals surface area contributed by atoms with Crippen molar-refractivity contribution in [2.24, 2.45) is 0 Å². The number of unbranched alkanes of at least 4 members (excludes halogenated alkanes) is 1. The lowest BCUT2D eigenvalue weighted by molar-refractivity contribution is -0.887. The molecule has 0 bridgehead atoms. The first-order chi connectivity index (χ1) is 23.5. The van der Waals surface area contributed by atoms with E-state index in [4.69, 9.17) is 23.2 Å². The van der Waals surface area contributed by atoms with E-state index < -0.39 is 28.4 Å². The Labute approximate surface area is 295 Å². The van der Waals surface area contributed by atoms with Gasteiger partial charge in [-0.15, -0.1) is 0 Å². The maximum Gasteiger partial charge on any atom is 0.333 e. The molecular formula is C39H38Cl2F2N5O+. The third-order valence-corrected chi connectivity index (χ3v) is 10.7. The second kappa shape index (κ2) is 13.7. The summed E-state index contributed by atoms with van der Waals surface area (Å²) in [5.41, 5.74) is 0.0135. The van der Waals surface area contributed by atoms with Gasteiger partial charge in [0, 0.05) is 41.4 Å². The molecule has 1 unspecified atom stereocenters. The smallest absolute Gasteiger partial charge is 0.265 e. The molecule has 10 heteroatoms. The van der Waals surface area contributed by atoms with Crippen LogP contribution in [0.5, 0.6) is 0 Å². The molecule has 3 aromatic carbocycles. The fourth-order valence-corrected chi connectivity index (χ4v) is 8.00. The van der Waals surface area contributed by atoms with Gasteiger partial charge in [-0.1, -0.05) is 66.9 Å². The first kappa shape index (κ1) is 34.8. The summed E-state index contributed by atoms with van der Waals surface area (Å²) < 4.78 is 29.2. The number of carbonyl (C=O) groups is 1. The molecule has 1 aliphatic heterocycles. The summed E-state index contributed by atoms with van der Waals surface area (Å²) in [6.45, 7) is 2.66. The number of amides is 1. The van der Waals surface area contributed by atoms with Gasteiger partial charge in [0.1, 0.15) is 17.2 Å². The highest BCUT2D eigenvalue weighted by Crippen LogP contribution is 2.57. The number of hydrogen-bond acceptors (Lipinski definition) is 5. The molecule has 6 nitrogen and oxygen atoms in total. The summed E-state index contributed by atoms with van der Waals surface area (Å²) in [4.78, 5) is 25.0. The molecule has 6 rings (SSSR count). The highest BCUT2D eigenvalue weighted by atomic mass is 35.5. The third kappa shape index (κ3) is 5.65. The first-order valence-electron chi connectivity index (χ1n) is 16.2. The molecule has 2 aromatic heterocycles. The number of carbonyl (C=O) groups excluding carboxylic acids is 1. The Morgan fingerprint density at radius 3 is 1.65 bits per heavy atom. The van der Waals surface area contributed by atoms with Crippen LogP contribution in [0.3, 0.4) is 0 Å². The van der Waals surface area contributed by atoms with Gasteiger partial charge in [0.2, 0.25) is 5.79 Å². The SMILES string of the molecule is CCCCNC1(Cc2c(Cl)cccc2Cl)NC(c2ccncc2)(c2ccncc2)C(c2ccc(F)cc2)(c2ccc(F)cc2)C(=O)[N+]1(C)C. The minimum atomic E-state index is -1.62. The maximum atomic E-state index is 16.3. The predicted molar refractivity (Wildman–Crippen MR) is 189 cm³/mol. The lowest BCUT2D eigenvalue weighted by atomic mass is 9.53. The van der Waals surface area contributed by atoms with Crippen molar-refractivity contribution in [3.05, 3.63) is 165 Å². The summed E-state index contributed by atoms with van der Waals surface area (Å²) in [5.74, 6) is -2.39. The van der Waals surface area contributed by atoms with Crippen molar-refractivity contribution < 1.29 is 18.1 Å². The largest absolute Gasteiger partial charge is 0.333 e. The average molecular weight is 702 g/mol. The third-order valence-electron chi connectivity index (χ3n) is 9.96. The normalized spacial score (nSPS) is 19.4. The van der Waals surface area contributed by atoms with Crippen LogP contribution < -0.4 is 10.6 Å². The van der Waals surface area contributed by atoms with E-state index in [0.29, 0.717) is 44.4 Å². The molecule has 1 fully saturated rings. The van der Waals surface area contributed by atoms with E-state index in [1.165, 1.54) is 24.3 Å². The molecule has 2 N–H and O–H groups in total. The van der Waals surface area contributed by atoms with Gasteiger partial charge in [-0.05, 0) is 94.9 Å². The van der Waals surface area contributed by atoms with Gasteiger partial charge in [-0.3, -0.25) is 15.3 Å². The minimum absolute atomic E-state index is 0.203. The molecule has 1 amide bonds. The van der Waals surface area contributed by atoms with Gasteiger partial charge >= 0.3 is 5.91 Å². The number of hydrogen-bond donors (Lipinski definition) is 2. The number of pyridine rings is 2. The molecular weight excluding hydrogens is 663 g/mol. The Morgan fingerprint density at radius 2 is 1.20 bits per heavy atom. The zero-order valence-corrected chi connectivity index (χ0v) is 29.1. The summed E-state index contributed by atoms with van der Waals surface area (Å²) in [7, 11) is 3.70. The van der Waals surface area contributed by atoms with E-state index in [1.54, 1.807) is 67.3 Å². The molecule has 49 heavy (non-hydrogen) atoms. The molecule has 0 aliphatic carbocycles. The minimum Gasteiger partial charge on any atom is -0.265 e. The molecule has 1 saturated heterocycles. The van der Waals surface area contributed by atoms with E-state index in [9.17, 15) is 8.78 Å². The van der Waals surface area contributed by atoms with E-state index in [2.05, 4.69) is 27.5 Å². The van der Waals surface area contributed by atoms with Crippen LogP contribution in [0, 0.1) is 11.6 Å². The number of rotatable bonds is 10. The van der Waals surface area contributed by atoms with Gasteiger partial charge in [0.25, 0.3) is 0 Å². The monoisotopic (exact) mass is 700 g/mol. The number of nitrogens with one attached hydrogen (secondary N) is 2. The van der Waals surface area contributed by atoms with Crippen LogP contribution in [0.2, 0.25) is 10.0 Å². The quantitative estimate of drug-likeness (QED) is 0.115. The summed E-state index contributed by atoms with van der Waals surface area (Å²) in [6, 6.07) is 24.8. The van der Waals surface area contributed by atoms with E-state index in [0.717, 1.165) is 12.8 Å². The van der Waals surface area contributed by atoms with E-state index in [1.807, 2.05) is 38.4 Å². The highest BCUT2D eigenvalue weighted by molar-refractivity contribution is 6.36. The molecule has 0 radical (unpaired) electrons. The zero-order valence-electron chi connectivity index (χ0n) is 27.6. The van der Waals surface area contributed by atoms with Crippen molar-refractivity contribution in [1.29, 1.82) is 0 Å². The van der Waals surface area contributed by atoms with Crippen molar-refractivity contribution in [3.8, 4) is 0 Å². The molecule has 0 spiro atoms. The fraction of sp³-hybridized carbons (Fsp3) is 0.256. The molecule has 1 aliphatic rings.